The second-order valence-corrected chi connectivity index (χ2v) is 8.21. The number of aromatic nitrogens is 5. The summed E-state index contributed by atoms with van der Waals surface area (Å²) in [5, 5.41) is 17.5. The Balaban J connectivity index is 1.40. The number of rotatable bonds is 7. The quantitative estimate of drug-likeness (QED) is 0.385. The molecule has 0 spiro atoms. The first-order valence-electron chi connectivity index (χ1n) is 10.3. The van der Waals surface area contributed by atoms with Gasteiger partial charge in [0, 0.05) is 36.4 Å². The summed E-state index contributed by atoms with van der Waals surface area (Å²) < 4.78 is 9.28. The minimum absolute atomic E-state index is 0.206. The van der Waals surface area contributed by atoms with Crippen molar-refractivity contribution in [3.8, 4) is 22.7 Å². The number of nitrogens with zero attached hydrogens (tertiary/aromatic N) is 5. The van der Waals surface area contributed by atoms with Gasteiger partial charge in [-0.2, -0.15) is 5.10 Å². The number of fused-ring (bicyclic) bond motifs is 1. The van der Waals surface area contributed by atoms with Gasteiger partial charge < -0.3 is 15.8 Å². The molecule has 5 aromatic rings. The van der Waals surface area contributed by atoms with Crippen LogP contribution in [0.3, 0.4) is 0 Å². The summed E-state index contributed by atoms with van der Waals surface area (Å²) in [6.07, 6.45) is 1.72. The van der Waals surface area contributed by atoms with Crippen molar-refractivity contribution in [3.63, 3.8) is 0 Å². The highest BCUT2D eigenvalue weighted by Gasteiger charge is 2.16. The van der Waals surface area contributed by atoms with E-state index in [1.165, 1.54) is 11.3 Å². The normalized spacial score (nSPS) is 11.1. The molecule has 0 bridgehead atoms. The molecule has 0 aliphatic carbocycles. The molecule has 0 aliphatic heterocycles. The molecular weight excluding hydrogens is 438 g/mol. The van der Waals surface area contributed by atoms with E-state index in [4.69, 9.17) is 10.5 Å². The number of hydrogen-bond acceptors (Lipinski definition) is 7. The molecule has 33 heavy (non-hydrogen) atoms. The van der Waals surface area contributed by atoms with Crippen molar-refractivity contribution in [1.29, 1.82) is 0 Å². The predicted molar refractivity (Wildman–Crippen MR) is 128 cm³/mol. The summed E-state index contributed by atoms with van der Waals surface area (Å²) in [5.41, 5.74) is 10.4. The Morgan fingerprint density at radius 3 is 2.88 bits per heavy atom. The Morgan fingerprint density at radius 2 is 2.06 bits per heavy atom. The van der Waals surface area contributed by atoms with E-state index in [2.05, 4.69) is 20.7 Å². The molecule has 5 rings (SSSR count). The molecule has 0 fully saturated rings. The fraction of sp³-hybridized carbons (Fsp3) is 0.130. The molecule has 0 radical (unpaired) electrons. The van der Waals surface area contributed by atoms with E-state index in [1.54, 1.807) is 15.6 Å². The van der Waals surface area contributed by atoms with E-state index in [0.29, 0.717) is 29.5 Å². The van der Waals surface area contributed by atoms with Gasteiger partial charge in [-0.25, -0.2) is 4.68 Å². The number of carbonyl (C=O) groups excluding carboxylic acids is 1. The van der Waals surface area contributed by atoms with Crippen LogP contribution in [0.5, 0.6) is 5.75 Å². The summed E-state index contributed by atoms with van der Waals surface area (Å²) >= 11 is 1.35. The van der Waals surface area contributed by atoms with Gasteiger partial charge in [-0.05, 0) is 42.5 Å². The van der Waals surface area contributed by atoms with Crippen molar-refractivity contribution in [3.05, 3.63) is 71.1 Å². The first kappa shape index (κ1) is 20.9. The zero-order chi connectivity index (χ0) is 22.8. The monoisotopic (exact) mass is 459 g/mol. The number of nitrogens with one attached hydrogen (secondary N) is 1. The SMILES string of the molecule is Cn1nccc1-c1cc(NC(=O)c2cc(-n3nnc4ccccc43)cs2)ccc1OCCN. The van der Waals surface area contributed by atoms with E-state index < -0.39 is 0 Å². The van der Waals surface area contributed by atoms with Gasteiger partial charge in [-0.1, -0.05) is 17.3 Å². The molecule has 3 aromatic heterocycles. The number of benzene rings is 2. The van der Waals surface area contributed by atoms with Gasteiger partial charge >= 0.3 is 0 Å². The third-order valence-electron chi connectivity index (χ3n) is 5.12. The topological polar surface area (TPSA) is 113 Å². The number of thiophene rings is 1. The maximum atomic E-state index is 13.0. The highest BCUT2D eigenvalue weighted by Crippen LogP contribution is 2.33. The highest BCUT2D eigenvalue weighted by atomic mass is 32.1. The third kappa shape index (κ3) is 4.09. The van der Waals surface area contributed by atoms with Crippen molar-refractivity contribution >= 4 is 34.0 Å². The number of nitrogens with two attached hydrogens (primary N) is 1. The number of ether oxygens (including phenoxy) is 1. The molecule has 0 unspecified atom stereocenters. The Hall–Kier alpha value is -4.02. The number of carbonyl (C=O) groups is 1. The molecule has 166 valence electrons. The van der Waals surface area contributed by atoms with Gasteiger partial charge in [0.05, 0.1) is 21.8 Å². The van der Waals surface area contributed by atoms with Crippen LogP contribution in [-0.4, -0.2) is 43.8 Å². The van der Waals surface area contributed by atoms with Crippen LogP contribution >= 0.6 is 11.3 Å². The highest BCUT2D eigenvalue weighted by molar-refractivity contribution is 7.12. The molecule has 10 heteroatoms. The number of aryl methyl sites for hydroxylation is 1. The van der Waals surface area contributed by atoms with Crippen LogP contribution in [0.25, 0.3) is 28.0 Å². The maximum Gasteiger partial charge on any atom is 0.265 e. The van der Waals surface area contributed by atoms with E-state index in [9.17, 15) is 4.79 Å². The van der Waals surface area contributed by atoms with E-state index in [-0.39, 0.29) is 5.91 Å². The van der Waals surface area contributed by atoms with Crippen LogP contribution < -0.4 is 15.8 Å². The van der Waals surface area contributed by atoms with Crippen LogP contribution in [0.15, 0.2) is 66.2 Å². The van der Waals surface area contributed by atoms with E-state index in [1.807, 2.05) is 67.0 Å². The smallest absolute Gasteiger partial charge is 0.265 e. The summed E-state index contributed by atoms with van der Waals surface area (Å²) in [6, 6.07) is 16.9. The molecular formula is C23H21N7O2S. The average molecular weight is 460 g/mol. The largest absolute Gasteiger partial charge is 0.492 e. The van der Waals surface area contributed by atoms with Gasteiger partial charge in [0.2, 0.25) is 0 Å². The zero-order valence-electron chi connectivity index (χ0n) is 17.8. The van der Waals surface area contributed by atoms with Gasteiger partial charge in [0.1, 0.15) is 17.9 Å². The maximum absolute atomic E-state index is 13.0. The molecule has 0 aliphatic rings. The summed E-state index contributed by atoms with van der Waals surface area (Å²) in [4.78, 5) is 13.5. The van der Waals surface area contributed by atoms with Crippen LogP contribution in [0.4, 0.5) is 5.69 Å². The number of amides is 1. The zero-order valence-corrected chi connectivity index (χ0v) is 18.6. The molecule has 3 heterocycles. The van der Waals surface area contributed by atoms with Crippen molar-refractivity contribution < 1.29 is 9.53 Å². The van der Waals surface area contributed by atoms with Crippen molar-refractivity contribution in [1.82, 2.24) is 24.8 Å². The minimum Gasteiger partial charge on any atom is -0.492 e. The van der Waals surface area contributed by atoms with Gasteiger partial charge in [-0.15, -0.1) is 16.4 Å². The standard InChI is InChI=1S/C23H21N7O2S/c1-29-19(8-10-25-29)17-12-15(6-7-21(17)32-11-9-24)26-23(31)22-13-16(14-33-22)30-20-5-3-2-4-18(20)27-28-30/h2-8,10,12-14H,9,11,24H2,1H3,(H,26,31). The predicted octanol–water partition coefficient (Wildman–Crippen LogP) is 3.47. The van der Waals surface area contributed by atoms with Gasteiger partial charge in [-0.3, -0.25) is 9.48 Å². The fourth-order valence-corrected chi connectivity index (χ4v) is 4.31. The van der Waals surface area contributed by atoms with E-state index in [0.717, 1.165) is 28.0 Å². The summed E-state index contributed by atoms with van der Waals surface area (Å²) in [6.45, 7) is 0.802. The average Bonchev–Trinajstić information content (AvgIpc) is 3.57. The molecule has 0 atom stereocenters. The lowest BCUT2D eigenvalue weighted by molar-refractivity contribution is 0.103. The number of anilines is 1. The lowest BCUT2D eigenvalue weighted by atomic mass is 10.1. The van der Waals surface area contributed by atoms with Crippen LogP contribution in [-0.2, 0) is 7.05 Å². The number of hydrogen-bond donors (Lipinski definition) is 2. The van der Waals surface area contributed by atoms with Crippen LogP contribution in [0.2, 0.25) is 0 Å². The van der Waals surface area contributed by atoms with Crippen LogP contribution in [0, 0.1) is 0 Å². The summed E-state index contributed by atoms with van der Waals surface area (Å²) in [7, 11) is 1.86. The van der Waals surface area contributed by atoms with Crippen molar-refractivity contribution in [2.24, 2.45) is 12.8 Å². The molecule has 0 saturated carbocycles. The number of para-hydroxylation sites is 1. The Kier molecular flexibility index (Phi) is 5.59. The first-order chi connectivity index (χ1) is 16.1. The van der Waals surface area contributed by atoms with Crippen molar-refractivity contribution in [2.75, 3.05) is 18.5 Å². The molecule has 1 amide bonds. The van der Waals surface area contributed by atoms with E-state index >= 15 is 0 Å². The van der Waals surface area contributed by atoms with Gasteiger partial charge in [0.25, 0.3) is 5.91 Å². The first-order valence-corrected chi connectivity index (χ1v) is 11.2. The lowest BCUT2D eigenvalue weighted by Crippen LogP contribution is -2.12. The molecule has 0 saturated heterocycles. The lowest BCUT2D eigenvalue weighted by Gasteiger charge is -2.13. The molecule has 9 nitrogen and oxygen atoms in total. The fourth-order valence-electron chi connectivity index (χ4n) is 3.55. The summed E-state index contributed by atoms with van der Waals surface area (Å²) in [5.74, 6) is 0.473. The Bertz CT molecular complexity index is 1440. The Labute approximate surface area is 193 Å². The molecule has 3 N–H and O–H groups in total. The second-order valence-electron chi connectivity index (χ2n) is 7.30. The second kappa shape index (κ2) is 8.85. The van der Waals surface area contributed by atoms with Gasteiger partial charge in [0.15, 0.2) is 0 Å². The third-order valence-corrected chi connectivity index (χ3v) is 6.03. The van der Waals surface area contributed by atoms with Crippen molar-refractivity contribution in [2.45, 2.75) is 0 Å². The minimum atomic E-state index is -0.206. The Morgan fingerprint density at radius 1 is 1.18 bits per heavy atom. The molecule has 2 aromatic carbocycles. The van der Waals surface area contributed by atoms with Crippen LogP contribution in [0.1, 0.15) is 9.67 Å².